The van der Waals surface area contributed by atoms with Crippen LogP contribution in [0.1, 0.15) is 58.8 Å². The molecule has 0 saturated carbocycles. The maximum atomic E-state index is 5.57. The molecule has 1 aromatic heterocycles. The van der Waals surface area contributed by atoms with Crippen LogP contribution >= 0.6 is 0 Å². The van der Waals surface area contributed by atoms with E-state index in [1.54, 1.807) is 0 Å². The van der Waals surface area contributed by atoms with Gasteiger partial charge < -0.3 is 10.7 Å². The molecule has 1 aromatic rings. The minimum Gasteiger partial charge on any atom is -0.369 e. The van der Waals surface area contributed by atoms with Gasteiger partial charge in [-0.25, -0.2) is 15.8 Å². The quantitative estimate of drug-likeness (QED) is 0.550. The van der Waals surface area contributed by atoms with Crippen LogP contribution in [0.4, 0.5) is 11.6 Å². The Morgan fingerprint density at radius 2 is 1.65 bits per heavy atom. The number of hydrogen-bond acceptors (Lipinski definition) is 5. The predicted octanol–water partition coefficient (Wildman–Crippen LogP) is 3.22. The first-order valence-corrected chi connectivity index (χ1v) is 7.43. The van der Waals surface area contributed by atoms with Crippen LogP contribution in [-0.2, 0) is 5.41 Å². The molecule has 0 saturated heterocycles. The minimum absolute atomic E-state index is 0.107. The molecule has 0 amide bonds. The maximum Gasteiger partial charge on any atom is 0.148 e. The van der Waals surface area contributed by atoms with E-state index in [0.29, 0.717) is 11.7 Å². The normalized spacial score (nSPS) is 11.8. The standard InChI is InChI=1S/C15H29N5/c1-7-11(8-2)9-17-12-10(3)13(20-16)19-14(18-12)15(4,5)6/h11H,7-9,16H2,1-6H3,(H2,17,18,19,20). The number of anilines is 2. The summed E-state index contributed by atoms with van der Waals surface area (Å²) in [6, 6.07) is 0. The van der Waals surface area contributed by atoms with Crippen molar-refractivity contribution in [2.75, 3.05) is 17.3 Å². The largest absolute Gasteiger partial charge is 0.369 e. The van der Waals surface area contributed by atoms with Crippen molar-refractivity contribution >= 4 is 11.6 Å². The van der Waals surface area contributed by atoms with E-state index >= 15 is 0 Å². The number of nitrogens with two attached hydrogens (primary N) is 1. The summed E-state index contributed by atoms with van der Waals surface area (Å²) in [7, 11) is 0. The number of hydrogen-bond donors (Lipinski definition) is 3. The second-order valence-electron chi connectivity index (χ2n) is 6.33. The van der Waals surface area contributed by atoms with Crippen molar-refractivity contribution in [3.8, 4) is 0 Å². The maximum absolute atomic E-state index is 5.57. The van der Waals surface area contributed by atoms with Crippen molar-refractivity contribution in [2.45, 2.75) is 59.8 Å². The van der Waals surface area contributed by atoms with E-state index < -0.39 is 0 Å². The third kappa shape index (κ3) is 4.07. The van der Waals surface area contributed by atoms with Crippen molar-refractivity contribution in [2.24, 2.45) is 11.8 Å². The summed E-state index contributed by atoms with van der Waals surface area (Å²) in [5.74, 6) is 8.60. The van der Waals surface area contributed by atoms with Gasteiger partial charge in [0.25, 0.3) is 0 Å². The lowest BCUT2D eigenvalue weighted by atomic mass is 9.95. The Morgan fingerprint density at radius 1 is 1.10 bits per heavy atom. The molecule has 20 heavy (non-hydrogen) atoms. The van der Waals surface area contributed by atoms with Crippen LogP contribution in [0, 0.1) is 12.8 Å². The van der Waals surface area contributed by atoms with Crippen LogP contribution in [-0.4, -0.2) is 16.5 Å². The Morgan fingerprint density at radius 3 is 2.10 bits per heavy atom. The van der Waals surface area contributed by atoms with Crippen LogP contribution in [0.25, 0.3) is 0 Å². The summed E-state index contributed by atoms with van der Waals surface area (Å²) in [5.41, 5.74) is 3.53. The second kappa shape index (κ2) is 6.88. The van der Waals surface area contributed by atoms with Crippen molar-refractivity contribution in [1.29, 1.82) is 0 Å². The number of nitrogens with zero attached hydrogens (tertiary/aromatic N) is 2. The van der Waals surface area contributed by atoms with Gasteiger partial charge in [-0.05, 0) is 12.8 Å². The van der Waals surface area contributed by atoms with E-state index in [9.17, 15) is 0 Å². The van der Waals surface area contributed by atoms with Gasteiger partial charge in [0, 0.05) is 17.5 Å². The van der Waals surface area contributed by atoms with E-state index in [4.69, 9.17) is 5.84 Å². The van der Waals surface area contributed by atoms with E-state index in [1.807, 2.05) is 6.92 Å². The van der Waals surface area contributed by atoms with Crippen LogP contribution in [0.15, 0.2) is 0 Å². The van der Waals surface area contributed by atoms with E-state index in [-0.39, 0.29) is 5.41 Å². The van der Waals surface area contributed by atoms with Gasteiger partial charge in [-0.2, -0.15) is 0 Å². The SMILES string of the molecule is CCC(CC)CNc1nc(C(C)(C)C)nc(NN)c1C. The predicted molar refractivity (Wildman–Crippen MR) is 85.8 cm³/mol. The number of aromatic nitrogens is 2. The van der Waals surface area contributed by atoms with Crippen LogP contribution < -0.4 is 16.6 Å². The molecule has 0 aliphatic rings. The highest BCUT2D eigenvalue weighted by molar-refractivity contribution is 5.57. The Hall–Kier alpha value is -1.36. The molecule has 4 N–H and O–H groups in total. The second-order valence-corrected chi connectivity index (χ2v) is 6.33. The number of nitrogens with one attached hydrogen (secondary N) is 2. The first-order valence-electron chi connectivity index (χ1n) is 7.43. The third-order valence-corrected chi connectivity index (χ3v) is 3.67. The highest BCUT2D eigenvalue weighted by Crippen LogP contribution is 2.26. The molecule has 0 radical (unpaired) electrons. The smallest absolute Gasteiger partial charge is 0.148 e. The third-order valence-electron chi connectivity index (χ3n) is 3.67. The fourth-order valence-corrected chi connectivity index (χ4v) is 1.98. The summed E-state index contributed by atoms with van der Waals surface area (Å²) in [6.07, 6.45) is 2.34. The molecular formula is C15H29N5. The van der Waals surface area contributed by atoms with Gasteiger partial charge in [0.1, 0.15) is 17.5 Å². The molecule has 0 aliphatic carbocycles. The fourth-order valence-electron chi connectivity index (χ4n) is 1.98. The van der Waals surface area contributed by atoms with E-state index in [0.717, 1.165) is 23.8 Å². The molecule has 1 rings (SSSR count). The van der Waals surface area contributed by atoms with Gasteiger partial charge in [-0.3, -0.25) is 0 Å². The Kier molecular flexibility index (Phi) is 5.74. The fraction of sp³-hybridized carbons (Fsp3) is 0.733. The average molecular weight is 279 g/mol. The highest BCUT2D eigenvalue weighted by Gasteiger charge is 2.21. The van der Waals surface area contributed by atoms with Crippen LogP contribution in [0.2, 0.25) is 0 Å². The average Bonchev–Trinajstić information content (AvgIpc) is 2.40. The highest BCUT2D eigenvalue weighted by atomic mass is 15.3. The molecule has 0 atom stereocenters. The molecule has 0 aliphatic heterocycles. The first-order chi connectivity index (χ1) is 9.33. The molecule has 0 aromatic carbocycles. The summed E-state index contributed by atoms with van der Waals surface area (Å²) >= 11 is 0. The van der Waals surface area contributed by atoms with Gasteiger partial charge in [-0.1, -0.05) is 47.5 Å². The van der Waals surface area contributed by atoms with Crippen molar-refractivity contribution in [3.05, 3.63) is 11.4 Å². The lowest BCUT2D eigenvalue weighted by molar-refractivity contribution is 0.516. The minimum atomic E-state index is -0.107. The molecular weight excluding hydrogens is 250 g/mol. The van der Waals surface area contributed by atoms with E-state index in [2.05, 4.69) is 55.3 Å². The van der Waals surface area contributed by atoms with Gasteiger partial charge in [0.15, 0.2) is 0 Å². The number of hydrazine groups is 1. The molecule has 114 valence electrons. The number of nitrogen functional groups attached to an aromatic ring is 1. The molecule has 5 nitrogen and oxygen atoms in total. The monoisotopic (exact) mass is 279 g/mol. The van der Waals surface area contributed by atoms with Gasteiger partial charge in [0.2, 0.25) is 0 Å². The van der Waals surface area contributed by atoms with Gasteiger partial charge >= 0.3 is 0 Å². The summed E-state index contributed by atoms with van der Waals surface area (Å²) in [5, 5.41) is 3.46. The summed E-state index contributed by atoms with van der Waals surface area (Å²) in [6.45, 7) is 13.6. The lowest BCUT2D eigenvalue weighted by Gasteiger charge is -2.21. The molecule has 0 fully saturated rings. The zero-order valence-electron chi connectivity index (χ0n) is 13.7. The van der Waals surface area contributed by atoms with Crippen molar-refractivity contribution in [3.63, 3.8) is 0 Å². The zero-order valence-corrected chi connectivity index (χ0v) is 13.7. The van der Waals surface area contributed by atoms with Gasteiger partial charge in [-0.15, -0.1) is 0 Å². The van der Waals surface area contributed by atoms with Crippen molar-refractivity contribution in [1.82, 2.24) is 9.97 Å². The summed E-state index contributed by atoms with van der Waals surface area (Å²) in [4.78, 5) is 9.18. The van der Waals surface area contributed by atoms with E-state index in [1.165, 1.54) is 12.8 Å². The molecule has 5 heteroatoms. The van der Waals surface area contributed by atoms with Crippen molar-refractivity contribution < 1.29 is 0 Å². The molecule has 0 bridgehead atoms. The Bertz CT molecular complexity index is 433. The molecule has 0 unspecified atom stereocenters. The number of rotatable bonds is 6. The zero-order chi connectivity index (χ0) is 15.3. The molecule has 0 spiro atoms. The van der Waals surface area contributed by atoms with Gasteiger partial charge in [0.05, 0.1) is 0 Å². The Balaban J connectivity index is 3.05. The lowest BCUT2D eigenvalue weighted by Crippen LogP contribution is -2.22. The first kappa shape index (κ1) is 16.7. The van der Waals surface area contributed by atoms with Crippen LogP contribution in [0.3, 0.4) is 0 Å². The van der Waals surface area contributed by atoms with Crippen LogP contribution in [0.5, 0.6) is 0 Å². The Labute approximate surface area is 122 Å². The molecule has 1 heterocycles. The topological polar surface area (TPSA) is 75.9 Å². The summed E-state index contributed by atoms with van der Waals surface area (Å²) < 4.78 is 0.